The molecule has 2 aromatic carbocycles. The standard InChI is InChI=1S/C18H21NO2S/c1-20-14-9-13(10-15(11-14)21-2)12-19-17-7-8-22-18-6-4-3-5-16(17)18/h3-6,9-11,17,19H,7-8,12H2,1-2H3. The van der Waals surface area contributed by atoms with Crippen LogP contribution in [-0.2, 0) is 6.54 Å². The van der Waals surface area contributed by atoms with Crippen LogP contribution in [0.4, 0.5) is 0 Å². The number of ether oxygens (including phenoxy) is 2. The Balaban J connectivity index is 1.73. The molecule has 116 valence electrons. The highest BCUT2D eigenvalue weighted by atomic mass is 32.2. The summed E-state index contributed by atoms with van der Waals surface area (Å²) < 4.78 is 10.7. The van der Waals surface area contributed by atoms with Gasteiger partial charge in [0.25, 0.3) is 0 Å². The molecule has 3 rings (SSSR count). The largest absolute Gasteiger partial charge is 0.497 e. The molecule has 0 amide bonds. The second-order valence-electron chi connectivity index (χ2n) is 5.33. The van der Waals surface area contributed by atoms with Gasteiger partial charge in [0.15, 0.2) is 0 Å². The minimum atomic E-state index is 0.412. The molecule has 0 radical (unpaired) electrons. The fraction of sp³-hybridized carbons (Fsp3) is 0.333. The van der Waals surface area contributed by atoms with Gasteiger partial charge >= 0.3 is 0 Å². The fourth-order valence-corrected chi connectivity index (χ4v) is 3.89. The SMILES string of the molecule is COc1cc(CNC2CCSc3ccccc32)cc(OC)c1. The second kappa shape index (κ2) is 7.07. The molecule has 0 fully saturated rings. The first-order valence-electron chi connectivity index (χ1n) is 7.47. The van der Waals surface area contributed by atoms with Crippen molar-refractivity contribution in [3.8, 4) is 11.5 Å². The zero-order valence-electron chi connectivity index (χ0n) is 13.0. The van der Waals surface area contributed by atoms with Crippen molar-refractivity contribution in [1.82, 2.24) is 5.32 Å². The molecule has 0 bridgehead atoms. The average molecular weight is 315 g/mol. The van der Waals surface area contributed by atoms with E-state index in [0.717, 1.165) is 30.2 Å². The summed E-state index contributed by atoms with van der Waals surface area (Å²) in [4.78, 5) is 1.40. The topological polar surface area (TPSA) is 30.5 Å². The summed E-state index contributed by atoms with van der Waals surface area (Å²) in [5.74, 6) is 2.82. The van der Waals surface area contributed by atoms with E-state index in [2.05, 4.69) is 41.7 Å². The molecule has 1 N–H and O–H groups in total. The Morgan fingerprint density at radius 3 is 2.55 bits per heavy atom. The summed E-state index contributed by atoms with van der Waals surface area (Å²) in [6.45, 7) is 0.803. The number of methoxy groups -OCH3 is 2. The normalized spacial score (nSPS) is 16.9. The summed E-state index contributed by atoms with van der Waals surface area (Å²) in [6, 6.07) is 15.1. The van der Waals surface area contributed by atoms with Crippen molar-refractivity contribution in [3.05, 3.63) is 53.6 Å². The number of benzene rings is 2. The molecule has 1 aliphatic rings. The van der Waals surface area contributed by atoms with E-state index in [-0.39, 0.29) is 0 Å². The van der Waals surface area contributed by atoms with Crippen LogP contribution in [0.25, 0.3) is 0 Å². The van der Waals surface area contributed by atoms with Gasteiger partial charge in [-0.1, -0.05) is 18.2 Å². The van der Waals surface area contributed by atoms with Gasteiger partial charge in [-0.15, -0.1) is 11.8 Å². The lowest BCUT2D eigenvalue weighted by Crippen LogP contribution is -2.24. The summed E-state index contributed by atoms with van der Waals surface area (Å²) in [5, 5.41) is 3.67. The Hall–Kier alpha value is -1.65. The van der Waals surface area contributed by atoms with E-state index < -0.39 is 0 Å². The van der Waals surface area contributed by atoms with E-state index in [9.17, 15) is 0 Å². The molecule has 1 aliphatic heterocycles. The third-order valence-electron chi connectivity index (χ3n) is 3.92. The molecule has 0 saturated heterocycles. The Morgan fingerprint density at radius 2 is 1.82 bits per heavy atom. The van der Waals surface area contributed by atoms with Crippen molar-refractivity contribution in [2.24, 2.45) is 0 Å². The van der Waals surface area contributed by atoms with Crippen molar-refractivity contribution in [2.75, 3.05) is 20.0 Å². The van der Waals surface area contributed by atoms with Crippen molar-refractivity contribution in [1.29, 1.82) is 0 Å². The highest BCUT2D eigenvalue weighted by Gasteiger charge is 2.19. The van der Waals surface area contributed by atoms with Gasteiger partial charge in [-0.05, 0) is 41.5 Å². The van der Waals surface area contributed by atoms with Crippen molar-refractivity contribution in [2.45, 2.75) is 23.9 Å². The molecule has 2 aromatic rings. The van der Waals surface area contributed by atoms with Crippen LogP contribution >= 0.6 is 11.8 Å². The average Bonchev–Trinajstić information content (AvgIpc) is 2.59. The van der Waals surface area contributed by atoms with E-state index in [1.54, 1.807) is 14.2 Å². The lowest BCUT2D eigenvalue weighted by Gasteiger charge is -2.26. The van der Waals surface area contributed by atoms with Crippen LogP contribution in [0, 0.1) is 0 Å². The molecule has 0 aromatic heterocycles. The predicted octanol–water partition coefficient (Wildman–Crippen LogP) is 4.03. The van der Waals surface area contributed by atoms with Gasteiger partial charge in [-0.2, -0.15) is 0 Å². The first-order chi connectivity index (χ1) is 10.8. The summed E-state index contributed by atoms with van der Waals surface area (Å²) in [6.07, 6.45) is 1.16. The molecule has 1 atom stereocenters. The van der Waals surface area contributed by atoms with Gasteiger partial charge in [0, 0.05) is 23.5 Å². The minimum absolute atomic E-state index is 0.412. The summed E-state index contributed by atoms with van der Waals surface area (Å²) >= 11 is 1.95. The number of thioether (sulfide) groups is 1. The molecule has 22 heavy (non-hydrogen) atoms. The number of hydrogen-bond donors (Lipinski definition) is 1. The van der Waals surface area contributed by atoms with Crippen molar-refractivity contribution >= 4 is 11.8 Å². The molecule has 4 heteroatoms. The number of rotatable bonds is 5. The quantitative estimate of drug-likeness (QED) is 0.902. The molecule has 0 aliphatic carbocycles. The zero-order chi connectivity index (χ0) is 15.4. The first kappa shape index (κ1) is 15.3. The lowest BCUT2D eigenvalue weighted by atomic mass is 10.0. The van der Waals surface area contributed by atoms with Crippen molar-refractivity contribution in [3.63, 3.8) is 0 Å². The van der Waals surface area contributed by atoms with Gasteiger partial charge in [0.2, 0.25) is 0 Å². The molecule has 0 spiro atoms. The van der Waals surface area contributed by atoms with Crippen LogP contribution in [-0.4, -0.2) is 20.0 Å². The lowest BCUT2D eigenvalue weighted by molar-refractivity contribution is 0.392. The molecular formula is C18H21NO2S. The second-order valence-corrected chi connectivity index (χ2v) is 6.47. The van der Waals surface area contributed by atoms with E-state index in [1.165, 1.54) is 16.0 Å². The van der Waals surface area contributed by atoms with Gasteiger partial charge in [-0.25, -0.2) is 0 Å². The van der Waals surface area contributed by atoms with Gasteiger partial charge < -0.3 is 14.8 Å². The Kier molecular flexibility index (Phi) is 4.90. The van der Waals surface area contributed by atoms with Crippen LogP contribution in [0.3, 0.4) is 0 Å². The predicted molar refractivity (Wildman–Crippen MR) is 90.9 cm³/mol. The Bertz CT molecular complexity index is 622. The maximum absolute atomic E-state index is 5.33. The van der Waals surface area contributed by atoms with Gasteiger partial charge in [0.05, 0.1) is 14.2 Å². The van der Waals surface area contributed by atoms with E-state index in [4.69, 9.17) is 9.47 Å². The molecule has 1 unspecified atom stereocenters. The van der Waals surface area contributed by atoms with Gasteiger partial charge in [-0.3, -0.25) is 0 Å². The third kappa shape index (κ3) is 3.39. The highest BCUT2D eigenvalue weighted by molar-refractivity contribution is 7.99. The Labute approximate surface area is 136 Å². The maximum Gasteiger partial charge on any atom is 0.122 e. The monoisotopic (exact) mass is 315 g/mol. The summed E-state index contributed by atoms with van der Waals surface area (Å²) in [7, 11) is 3.36. The number of fused-ring (bicyclic) bond motifs is 1. The zero-order valence-corrected chi connectivity index (χ0v) is 13.8. The van der Waals surface area contributed by atoms with Crippen LogP contribution in [0.15, 0.2) is 47.4 Å². The maximum atomic E-state index is 5.33. The number of nitrogens with one attached hydrogen (secondary N) is 1. The van der Waals surface area contributed by atoms with Crippen molar-refractivity contribution < 1.29 is 9.47 Å². The highest BCUT2D eigenvalue weighted by Crippen LogP contribution is 2.36. The van der Waals surface area contributed by atoms with Crippen LogP contribution < -0.4 is 14.8 Å². The van der Waals surface area contributed by atoms with Crippen LogP contribution in [0.5, 0.6) is 11.5 Å². The summed E-state index contributed by atoms with van der Waals surface area (Å²) in [5.41, 5.74) is 2.58. The van der Waals surface area contributed by atoms with Gasteiger partial charge in [0.1, 0.15) is 11.5 Å². The number of hydrogen-bond acceptors (Lipinski definition) is 4. The van der Waals surface area contributed by atoms with E-state index >= 15 is 0 Å². The van der Waals surface area contributed by atoms with Crippen LogP contribution in [0.2, 0.25) is 0 Å². The van der Waals surface area contributed by atoms with Crippen LogP contribution in [0.1, 0.15) is 23.6 Å². The third-order valence-corrected chi connectivity index (χ3v) is 5.04. The molecule has 3 nitrogen and oxygen atoms in total. The molecular weight excluding hydrogens is 294 g/mol. The van der Waals surface area contributed by atoms with E-state index in [1.807, 2.05) is 17.8 Å². The van der Waals surface area contributed by atoms with E-state index in [0.29, 0.717) is 6.04 Å². The fourth-order valence-electron chi connectivity index (χ4n) is 2.76. The molecule has 1 heterocycles. The Morgan fingerprint density at radius 1 is 1.09 bits per heavy atom. The smallest absolute Gasteiger partial charge is 0.122 e. The first-order valence-corrected chi connectivity index (χ1v) is 8.46. The molecule has 0 saturated carbocycles. The minimum Gasteiger partial charge on any atom is -0.497 e.